The van der Waals surface area contributed by atoms with Crippen molar-refractivity contribution in [3.8, 4) is 5.75 Å². The van der Waals surface area contributed by atoms with E-state index in [1.54, 1.807) is 19.2 Å². The minimum Gasteiger partial charge on any atom is -0.496 e. The topological polar surface area (TPSA) is 21.3 Å². The molecule has 0 saturated carbocycles. The van der Waals surface area contributed by atoms with Crippen LogP contribution in [0.3, 0.4) is 0 Å². The van der Waals surface area contributed by atoms with Crippen LogP contribution in [0, 0.1) is 5.82 Å². The van der Waals surface area contributed by atoms with Crippen molar-refractivity contribution in [3.05, 3.63) is 63.9 Å². The normalized spacial score (nSPS) is 12.2. The number of hydrogen-bond donors (Lipinski definition) is 1. The highest BCUT2D eigenvalue weighted by atomic mass is 79.9. The molecule has 0 fully saturated rings. The smallest absolute Gasteiger partial charge is 0.132 e. The Bertz CT molecular complexity index is 571. The van der Waals surface area contributed by atoms with Crippen LogP contribution in [0.2, 0.25) is 0 Å². The van der Waals surface area contributed by atoms with Gasteiger partial charge in [-0.1, -0.05) is 41.1 Å². The quantitative estimate of drug-likeness (QED) is 0.878. The molecule has 0 spiro atoms. The van der Waals surface area contributed by atoms with Crippen LogP contribution in [0.5, 0.6) is 5.75 Å². The van der Waals surface area contributed by atoms with Gasteiger partial charge in [-0.25, -0.2) is 4.39 Å². The van der Waals surface area contributed by atoms with Gasteiger partial charge < -0.3 is 10.1 Å². The molecule has 0 bridgehead atoms. The number of rotatable bonds is 5. The van der Waals surface area contributed by atoms with Gasteiger partial charge >= 0.3 is 0 Å². The molecule has 2 nitrogen and oxygen atoms in total. The SMILES string of the molecule is CCNC(c1ccc(Br)cc1)c1c(F)cccc1OC. The highest BCUT2D eigenvalue weighted by Gasteiger charge is 2.21. The number of halogens is 2. The van der Waals surface area contributed by atoms with E-state index < -0.39 is 0 Å². The third-order valence-corrected chi connectivity index (χ3v) is 3.66. The molecule has 0 radical (unpaired) electrons. The average molecular weight is 338 g/mol. The lowest BCUT2D eigenvalue weighted by Crippen LogP contribution is -2.23. The van der Waals surface area contributed by atoms with E-state index in [1.807, 2.05) is 31.2 Å². The molecular formula is C16H17BrFNO. The Hall–Kier alpha value is -1.39. The van der Waals surface area contributed by atoms with Crippen molar-refractivity contribution in [1.82, 2.24) is 5.32 Å². The minimum atomic E-state index is -0.266. The van der Waals surface area contributed by atoms with E-state index in [1.165, 1.54) is 6.07 Å². The molecule has 1 atom stereocenters. The summed E-state index contributed by atoms with van der Waals surface area (Å²) in [5.74, 6) is 0.289. The second-order valence-electron chi connectivity index (χ2n) is 4.40. The van der Waals surface area contributed by atoms with Crippen LogP contribution in [0.25, 0.3) is 0 Å². The number of hydrogen-bond acceptors (Lipinski definition) is 2. The van der Waals surface area contributed by atoms with Crippen LogP contribution in [0.4, 0.5) is 4.39 Å². The van der Waals surface area contributed by atoms with Crippen LogP contribution in [0.15, 0.2) is 46.9 Å². The highest BCUT2D eigenvalue weighted by Crippen LogP contribution is 2.32. The number of ether oxygens (including phenoxy) is 1. The maximum absolute atomic E-state index is 14.2. The zero-order valence-electron chi connectivity index (χ0n) is 11.5. The third-order valence-electron chi connectivity index (χ3n) is 3.13. The zero-order chi connectivity index (χ0) is 14.5. The zero-order valence-corrected chi connectivity index (χ0v) is 13.1. The van der Waals surface area contributed by atoms with E-state index in [0.717, 1.165) is 16.6 Å². The molecule has 2 aromatic carbocycles. The summed E-state index contributed by atoms with van der Waals surface area (Å²) >= 11 is 3.41. The Morgan fingerprint density at radius 2 is 1.90 bits per heavy atom. The third kappa shape index (κ3) is 3.19. The predicted molar refractivity (Wildman–Crippen MR) is 82.6 cm³/mol. The van der Waals surface area contributed by atoms with Crippen molar-refractivity contribution in [2.45, 2.75) is 13.0 Å². The van der Waals surface area contributed by atoms with Crippen LogP contribution >= 0.6 is 15.9 Å². The van der Waals surface area contributed by atoms with Gasteiger partial charge in [0.2, 0.25) is 0 Å². The van der Waals surface area contributed by atoms with Gasteiger partial charge in [0.25, 0.3) is 0 Å². The lowest BCUT2D eigenvalue weighted by atomic mass is 9.97. The molecule has 0 amide bonds. The number of nitrogens with one attached hydrogen (secondary N) is 1. The van der Waals surface area contributed by atoms with Gasteiger partial charge in [0.15, 0.2) is 0 Å². The summed E-state index contributed by atoms with van der Waals surface area (Å²) < 4.78 is 20.6. The Kier molecular flexibility index (Phi) is 5.15. The molecule has 2 rings (SSSR count). The molecule has 2 aromatic rings. The summed E-state index contributed by atoms with van der Waals surface area (Å²) in [5.41, 5.74) is 1.54. The maximum atomic E-state index is 14.2. The Balaban J connectivity index is 2.51. The van der Waals surface area contributed by atoms with Crippen molar-refractivity contribution in [2.24, 2.45) is 0 Å². The van der Waals surface area contributed by atoms with Crippen molar-refractivity contribution in [1.29, 1.82) is 0 Å². The minimum absolute atomic E-state index is 0.232. The van der Waals surface area contributed by atoms with Gasteiger partial charge in [0.05, 0.1) is 18.7 Å². The van der Waals surface area contributed by atoms with Crippen LogP contribution in [0.1, 0.15) is 24.1 Å². The van der Waals surface area contributed by atoms with Gasteiger partial charge in [-0.05, 0) is 36.4 Å². The van der Waals surface area contributed by atoms with E-state index in [4.69, 9.17) is 4.74 Å². The summed E-state index contributed by atoms with van der Waals surface area (Å²) in [6, 6.07) is 12.5. The molecule has 106 valence electrons. The molecule has 0 aliphatic heterocycles. The first kappa shape index (κ1) is 15.0. The molecule has 0 heterocycles. The van der Waals surface area contributed by atoms with Gasteiger partial charge in [-0.15, -0.1) is 0 Å². The first-order valence-electron chi connectivity index (χ1n) is 6.48. The standard InChI is InChI=1S/C16H17BrFNO/c1-3-19-16(11-7-9-12(17)10-8-11)15-13(18)5-4-6-14(15)20-2/h4-10,16,19H,3H2,1-2H3. The molecule has 0 saturated heterocycles. The lowest BCUT2D eigenvalue weighted by molar-refractivity contribution is 0.397. The first-order valence-corrected chi connectivity index (χ1v) is 7.28. The molecule has 1 N–H and O–H groups in total. The number of methoxy groups -OCH3 is 1. The average Bonchev–Trinajstić information content (AvgIpc) is 2.46. The summed E-state index contributed by atoms with van der Waals surface area (Å²) in [6.45, 7) is 2.73. The van der Waals surface area contributed by atoms with Gasteiger partial charge in [-0.2, -0.15) is 0 Å². The van der Waals surface area contributed by atoms with E-state index in [9.17, 15) is 4.39 Å². The summed E-state index contributed by atoms with van der Waals surface area (Å²) in [7, 11) is 1.56. The van der Waals surface area contributed by atoms with Crippen molar-refractivity contribution >= 4 is 15.9 Å². The maximum Gasteiger partial charge on any atom is 0.132 e. The highest BCUT2D eigenvalue weighted by molar-refractivity contribution is 9.10. The van der Waals surface area contributed by atoms with Crippen molar-refractivity contribution < 1.29 is 9.13 Å². The van der Waals surface area contributed by atoms with E-state index in [2.05, 4.69) is 21.2 Å². The van der Waals surface area contributed by atoms with Gasteiger partial charge in [-0.3, -0.25) is 0 Å². The van der Waals surface area contributed by atoms with Crippen LogP contribution in [-0.2, 0) is 0 Å². The molecule has 20 heavy (non-hydrogen) atoms. The molecule has 1 unspecified atom stereocenters. The summed E-state index contributed by atoms with van der Waals surface area (Å²) in [5, 5.41) is 3.31. The van der Waals surface area contributed by atoms with Crippen LogP contribution in [-0.4, -0.2) is 13.7 Å². The monoisotopic (exact) mass is 337 g/mol. The van der Waals surface area contributed by atoms with E-state index >= 15 is 0 Å². The Labute approximate surface area is 127 Å². The second kappa shape index (κ2) is 6.86. The first-order chi connectivity index (χ1) is 9.67. The fourth-order valence-electron chi connectivity index (χ4n) is 2.22. The van der Waals surface area contributed by atoms with E-state index in [-0.39, 0.29) is 11.9 Å². The largest absolute Gasteiger partial charge is 0.496 e. The fourth-order valence-corrected chi connectivity index (χ4v) is 2.49. The Morgan fingerprint density at radius 1 is 1.20 bits per heavy atom. The predicted octanol–water partition coefficient (Wildman–Crippen LogP) is 4.30. The molecular weight excluding hydrogens is 321 g/mol. The Morgan fingerprint density at radius 3 is 2.50 bits per heavy atom. The molecule has 0 aliphatic rings. The van der Waals surface area contributed by atoms with Crippen molar-refractivity contribution in [2.75, 3.05) is 13.7 Å². The molecule has 0 aromatic heterocycles. The van der Waals surface area contributed by atoms with Gasteiger partial charge in [0, 0.05) is 4.47 Å². The fraction of sp³-hybridized carbons (Fsp3) is 0.250. The summed E-state index contributed by atoms with van der Waals surface area (Å²) in [6.07, 6.45) is 0. The van der Waals surface area contributed by atoms with Crippen LogP contribution < -0.4 is 10.1 Å². The van der Waals surface area contributed by atoms with Crippen molar-refractivity contribution in [3.63, 3.8) is 0 Å². The molecule has 4 heteroatoms. The van der Waals surface area contributed by atoms with E-state index in [0.29, 0.717) is 11.3 Å². The second-order valence-corrected chi connectivity index (χ2v) is 5.31. The summed E-state index contributed by atoms with van der Waals surface area (Å²) in [4.78, 5) is 0. The lowest BCUT2D eigenvalue weighted by Gasteiger charge is -2.22. The number of benzene rings is 2. The molecule has 0 aliphatic carbocycles. The van der Waals surface area contributed by atoms with Gasteiger partial charge in [0.1, 0.15) is 11.6 Å².